The molecular formula is C20H24N2O. The molecule has 1 aliphatic heterocycles. The Kier molecular flexibility index (Phi) is 5.09. The molecule has 0 aliphatic carbocycles. The molecule has 3 nitrogen and oxygen atoms in total. The lowest BCUT2D eigenvalue weighted by Gasteiger charge is -2.27. The van der Waals surface area contributed by atoms with E-state index in [4.69, 9.17) is 0 Å². The Morgan fingerprint density at radius 2 is 1.48 bits per heavy atom. The first kappa shape index (κ1) is 15.8. The average Bonchev–Trinajstić information content (AvgIpc) is 3.01. The lowest BCUT2D eigenvalue weighted by atomic mass is 9.96. The summed E-state index contributed by atoms with van der Waals surface area (Å²) in [5.74, 6) is 0.745. The van der Waals surface area contributed by atoms with Gasteiger partial charge in [0.05, 0.1) is 5.92 Å². The van der Waals surface area contributed by atoms with Gasteiger partial charge in [0, 0.05) is 19.6 Å². The molecule has 2 aromatic rings. The average molecular weight is 308 g/mol. The second-order valence-corrected chi connectivity index (χ2v) is 6.41. The fourth-order valence-corrected chi connectivity index (χ4v) is 3.19. The minimum Gasteiger partial charge on any atom is -0.334 e. The predicted octanol–water partition coefficient (Wildman–Crippen LogP) is 3.07. The van der Waals surface area contributed by atoms with Gasteiger partial charge in [0.2, 0.25) is 5.91 Å². The van der Waals surface area contributed by atoms with Crippen LogP contribution in [0.1, 0.15) is 18.1 Å². The van der Waals surface area contributed by atoms with E-state index in [1.165, 1.54) is 11.1 Å². The van der Waals surface area contributed by atoms with Crippen molar-refractivity contribution in [3.63, 3.8) is 0 Å². The third-order valence-electron chi connectivity index (χ3n) is 4.58. The second kappa shape index (κ2) is 7.42. The molecule has 1 fully saturated rings. The highest BCUT2D eigenvalue weighted by atomic mass is 16.2. The summed E-state index contributed by atoms with van der Waals surface area (Å²) in [5, 5.41) is 3.34. The normalized spacial score (nSPS) is 20.4. The SMILES string of the molecule is C[C@@H]1CNC[C@H]1C(=O)N(Cc1ccccc1)Cc1ccccc1. The second-order valence-electron chi connectivity index (χ2n) is 6.41. The molecule has 1 saturated heterocycles. The van der Waals surface area contributed by atoms with E-state index in [1.54, 1.807) is 0 Å². The number of nitrogens with one attached hydrogen (secondary N) is 1. The van der Waals surface area contributed by atoms with Crippen molar-refractivity contribution in [1.82, 2.24) is 10.2 Å². The van der Waals surface area contributed by atoms with Crippen molar-refractivity contribution in [3.05, 3.63) is 71.8 Å². The Hall–Kier alpha value is -2.13. The first-order valence-corrected chi connectivity index (χ1v) is 8.31. The van der Waals surface area contributed by atoms with E-state index in [0.717, 1.165) is 13.1 Å². The number of carbonyl (C=O) groups is 1. The molecule has 0 saturated carbocycles. The zero-order valence-corrected chi connectivity index (χ0v) is 13.6. The van der Waals surface area contributed by atoms with Crippen LogP contribution >= 0.6 is 0 Å². The zero-order chi connectivity index (χ0) is 16.1. The Morgan fingerprint density at radius 3 is 1.91 bits per heavy atom. The van der Waals surface area contributed by atoms with Crippen LogP contribution in [-0.2, 0) is 17.9 Å². The fraction of sp³-hybridized carbons (Fsp3) is 0.350. The number of nitrogens with zero attached hydrogens (tertiary/aromatic N) is 1. The minimum absolute atomic E-state index is 0.0856. The Labute approximate surface area is 138 Å². The maximum Gasteiger partial charge on any atom is 0.227 e. The van der Waals surface area contributed by atoms with E-state index in [0.29, 0.717) is 19.0 Å². The quantitative estimate of drug-likeness (QED) is 0.920. The summed E-state index contributed by atoms with van der Waals surface area (Å²) in [6.07, 6.45) is 0. The molecule has 0 spiro atoms. The van der Waals surface area contributed by atoms with Crippen LogP contribution in [0.2, 0.25) is 0 Å². The van der Waals surface area contributed by atoms with E-state index in [-0.39, 0.29) is 11.8 Å². The fourth-order valence-electron chi connectivity index (χ4n) is 3.19. The molecular weight excluding hydrogens is 284 g/mol. The molecule has 2 aromatic carbocycles. The topological polar surface area (TPSA) is 32.3 Å². The largest absolute Gasteiger partial charge is 0.334 e. The van der Waals surface area contributed by atoms with Gasteiger partial charge in [0.1, 0.15) is 0 Å². The monoisotopic (exact) mass is 308 g/mol. The van der Waals surface area contributed by atoms with Gasteiger partial charge in [-0.2, -0.15) is 0 Å². The lowest BCUT2D eigenvalue weighted by molar-refractivity contribution is -0.137. The number of rotatable bonds is 5. The minimum atomic E-state index is 0.0856. The van der Waals surface area contributed by atoms with Gasteiger partial charge in [0.25, 0.3) is 0 Å². The van der Waals surface area contributed by atoms with Crippen LogP contribution in [0.5, 0.6) is 0 Å². The Balaban J connectivity index is 1.79. The molecule has 0 aromatic heterocycles. The van der Waals surface area contributed by atoms with Gasteiger partial charge in [-0.3, -0.25) is 4.79 Å². The molecule has 3 rings (SSSR count). The summed E-state index contributed by atoms with van der Waals surface area (Å²) >= 11 is 0. The van der Waals surface area contributed by atoms with E-state index < -0.39 is 0 Å². The maximum absolute atomic E-state index is 13.1. The van der Waals surface area contributed by atoms with Crippen LogP contribution in [0.4, 0.5) is 0 Å². The number of hydrogen-bond acceptors (Lipinski definition) is 2. The number of hydrogen-bond donors (Lipinski definition) is 1. The molecule has 0 radical (unpaired) electrons. The highest BCUT2D eigenvalue weighted by molar-refractivity contribution is 5.79. The molecule has 1 aliphatic rings. The molecule has 0 bridgehead atoms. The summed E-state index contributed by atoms with van der Waals surface area (Å²) in [6, 6.07) is 20.5. The Bertz CT molecular complexity index is 585. The summed E-state index contributed by atoms with van der Waals surface area (Å²) < 4.78 is 0. The van der Waals surface area contributed by atoms with Gasteiger partial charge in [-0.15, -0.1) is 0 Å². The van der Waals surface area contributed by atoms with Gasteiger partial charge in [-0.05, 0) is 23.6 Å². The van der Waals surface area contributed by atoms with Crippen molar-refractivity contribution in [2.45, 2.75) is 20.0 Å². The van der Waals surface area contributed by atoms with Crippen molar-refractivity contribution >= 4 is 5.91 Å². The van der Waals surface area contributed by atoms with Gasteiger partial charge in [0.15, 0.2) is 0 Å². The standard InChI is InChI=1S/C20H24N2O/c1-16-12-21-13-19(16)20(23)22(14-17-8-4-2-5-9-17)15-18-10-6-3-7-11-18/h2-11,16,19,21H,12-15H2,1H3/t16-,19-/m1/s1. The lowest BCUT2D eigenvalue weighted by Crippen LogP contribution is -2.38. The highest BCUT2D eigenvalue weighted by Crippen LogP contribution is 2.21. The smallest absolute Gasteiger partial charge is 0.227 e. The van der Waals surface area contributed by atoms with Crippen molar-refractivity contribution in [3.8, 4) is 0 Å². The van der Waals surface area contributed by atoms with E-state index >= 15 is 0 Å². The van der Waals surface area contributed by atoms with Crippen molar-refractivity contribution < 1.29 is 4.79 Å². The third kappa shape index (κ3) is 3.99. The van der Waals surface area contributed by atoms with E-state index in [9.17, 15) is 4.79 Å². The maximum atomic E-state index is 13.1. The van der Waals surface area contributed by atoms with Crippen molar-refractivity contribution in [1.29, 1.82) is 0 Å². The summed E-state index contributed by atoms with van der Waals surface area (Å²) in [5.41, 5.74) is 2.35. The van der Waals surface area contributed by atoms with Crippen LogP contribution in [0, 0.1) is 11.8 Å². The van der Waals surface area contributed by atoms with Crippen molar-refractivity contribution in [2.24, 2.45) is 11.8 Å². The van der Waals surface area contributed by atoms with Crippen LogP contribution in [0.3, 0.4) is 0 Å². The van der Waals surface area contributed by atoms with Crippen LogP contribution in [-0.4, -0.2) is 23.9 Å². The van der Waals surface area contributed by atoms with E-state index in [2.05, 4.69) is 36.5 Å². The summed E-state index contributed by atoms with van der Waals surface area (Å²) in [7, 11) is 0. The number of amides is 1. The third-order valence-corrected chi connectivity index (χ3v) is 4.58. The van der Waals surface area contributed by atoms with E-state index in [1.807, 2.05) is 41.3 Å². The van der Waals surface area contributed by atoms with Gasteiger partial charge in [-0.25, -0.2) is 0 Å². The molecule has 1 N–H and O–H groups in total. The molecule has 1 heterocycles. The van der Waals surface area contributed by atoms with Gasteiger partial charge < -0.3 is 10.2 Å². The predicted molar refractivity (Wildman–Crippen MR) is 92.7 cm³/mol. The molecule has 1 amide bonds. The van der Waals surface area contributed by atoms with Crippen LogP contribution in [0.15, 0.2) is 60.7 Å². The summed E-state index contributed by atoms with van der Waals surface area (Å²) in [4.78, 5) is 15.0. The number of carbonyl (C=O) groups excluding carboxylic acids is 1. The van der Waals surface area contributed by atoms with Gasteiger partial charge >= 0.3 is 0 Å². The summed E-state index contributed by atoms with van der Waals surface area (Å²) in [6.45, 7) is 5.21. The first-order chi connectivity index (χ1) is 11.2. The molecule has 3 heteroatoms. The van der Waals surface area contributed by atoms with Crippen molar-refractivity contribution in [2.75, 3.05) is 13.1 Å². The first-order valence-electron chi connectivity index (χ1n) is 8.31. The molecule has 2 atom stereocenters. The number of benzene rings is 2. The zero-order valence-electron chi connectivity index (χ0n) is 13.6. The molecule has 23 heavy (non-hydrogen) atoms. The van der Waals surface area contributed by atoms with Crippen LogP contribution < -0.4 is 5.32 Å². The van der Waals surface area contributed by atoms with Gasteiger partial charge in [-0.1, -0.05) is 67.6 Å². The van der Waals surface area contributed by atoms with Crippen LogP contribution in [0.25, 0.3) is 0 Å². The Morgan fingerprint density at radius 1 is 0.957 bits per heavy atom. The molecule has 0 unspecified atom stereocenters. The highest BCUT2D eigenvalue weighted by Gasteiger charge is 2.32. The molecule has 120 valence electrons.